The van der Waals surface area contributed by atoms with Gasteiger partial charge in [-0.3, -0.25) is 4.79 Å². The Morgan fingerprint density at radius 3 is 2.52 bits per heavy atom. The first-order chi connectivity index (χ1) is 13.8. The minimum atomic E-state index is -3.57. The largest absolute Gasteiger partial charge is 0.550 e. The van der Waals surface area contributed by atoms with Crippen LogP contribution in [0.2, 0.25) is 0 Å². The standard InChI is InChI=1S/C17H19N3O3S.C3H6O2/c21-17-16-13(8-9-18-16)14-10-12(6-7-15(14)19-17)24(22,23)20-11-4-2-1-3-5-11;1-2-3(4)5/h6-11,18,20H,1-5H2,(H,19,21);2H2,1H3,(H,4,5)/p-1. The second-order valence-corrected chi connectivity index (χ2v) is 8.82. The van der Waals surface area contributed by atoms with Gasteiger partial charge in [0.2, 0.25) is 10.0 Å². The number of carbonyl (C=O) groups excluding carboxylic acids is 1. The third kappa shape index (κ3) is 4.86. The average molecular weight is 418 g/mol. The van der Waals surface area contributed by atoms with Gasteiger partial charge in [0.1, 0.15) is 5.52 Å². The number of rotatable bonds is 4. The number of carbonyl (C=O) groups is 1. The van der Waals surface area contributed by atoms with Crippen LogP contribution in [0.5, 0.6) is 0 Å². The highest BCUT2D eigenvalue weighted by molar-refractivity contribution is 7.89. The van der Waals surface area contributed by atoms with Crippen LogP contribution in [0.3, 0.4) is 0 Å². The van der Waals surface area contributed by atoms with Gasteiger partial charge in [0.15, 0.2) is 0 Å². The van der Waals surface area contributed by atoms with Gasteiger partial charge < -0.3 is 19.9 Å². The summed E-state index contributed by atoms with van der Waals surface area (Å²) in [6, 6.07) is 6.63. The van der Waals surface area contributed by atoms with Gasteiger partial charge in [-0.1, -0.05) is 26.2 Å². The molecule has 3 aromatic rings. The molecule has 0 atom stereocenters. The minimum Gasteiger partial charge on any atom is -0.550 e. The monoisotopic (exact) mass is 418 g/mol. The van der Waals surface area contributed by atoms with E-state index < -0.39 is 16.0 Å². The first-order valence-electron chi connectivity index (χ1n) is 9.67. The highest BCUT2D eigenvalue weighted by atomic mass is 32.2. The maximum absolute atomic E-state index is 12.7. The Hall–Kier alpha value is -2.65. The van der Waals surface area contributed by atoms with Crippen LogP contribution in [0.4, 0.5) is 0 Å². The predicted molar refractivity (Wildman–Crippen MR) is 109 cm³/mol. The summed E-state index contributed by atoms with van der Waals surface area (Å²) in [7, 11) is -3.57. The van der Waals surface area contributed by atoms with Crippen molar-refractivity contribution in [1.29, 1.82) is 0 Å². The molecule has 0 aliphatic heterocycles. The van der Waals surface area contributed by atoms with E-state index in [-0.39, 0.29) is 22.9 Å². The van der Waals surface area contributed by atoms with Crippen molar-refractivity contribution in [3.8, 4) is 0 Å². The summed E-state index contributed by atoms with van der Waals surface area (Å²) in [4.78, 5) is 27.1. The number of H-pyrrole nitrogens is 2. The zero-order valence-electron chi connectivity index (χ0n) is 16.2. The molecule has 9 heteroatoms. The second kappa shape index (κ2) is 8.79. The summed E-state index contributed by atoms with van der Waals surface area (Å²) in [6.07, 6.45) is 6.88. The molecule has 0 unspecified atom stereocenters. The summed E-state index contributed by atoms with van der Waals surface area (Å²) in [6.45, 7) is 1.54. The number of carboxylic acid groups (broad SMARTS) is 1. The molecule has 0 radical (unpaired) electrons. The van der Waals surface area contributed by atoms with Gasteiger partial charge in [-0.25, -0.2) is 13.1 Å². The Bertz CT molecular complexity index is 1170. The van der Waals surface area contributed by atoms with Crippen LogP contribution >= 0.6 is 0 Å². The molecule has 8 nitrogen and oxygen atoms in total. The topological polar surface area (TPSA) is 135 Å². The lowest BCUT2D eigenvalue weighted by atomic mass is 9.96. The van der Waals surface area contributed by atoms with E-state index >= 15 is 0 Å². The van der Waals surface area contributed by atoms with Crippen LogP contribution < -0.4 is 15.4 Å². The molecule has 0 amide bonds. The van der Waals surface area contributed by atoms with Crippen molar-refractivity contribution < 1.29 is 18.3 Å². The number of aromatic nitrogens is 2. The minimum absolute atomic E-state index is 0.0160. The molecule has 1 aliphatic rings. The van der Waals surface area contributed by atoms with Crippen LogP contribution in [0.15, 0.2) is 40.2 Å². The van der Waals surface area contributed by atoms with E-state index in [1.165, 1.54) is 13.3 Å². The van der Waals surface area contributed by atoms with E-state index in [0.717, 1.165) is 36.5 Å². The Morgan fingerprint density at radius 2 is 1.86 bits per heavy atom. The van der Waals surface area contributed by atoms with Crippen molar-refractivity contribution in [2.75, 3.05) is 0 Å². The number of aliphatic carboxylic acids is 1. The molecule has 1 fully saturated rings. The Morgan fingerprint density at radius 1 is 1.17 bits per heavy atom. The zero-order chi connectivity index (χ0) is 21.0. The maximum Gasteiger partial charge on any atom is 0.272 e. The van der Waals surface area contributed by atoms with Crippen molar-refractivity contribution in [3.63, 3.8) is 0 Å². The first kappa shape index (κ1) is 21.1. The van der Waals surface area contributed by atoms with Gasteiger partial charge in [0, 0.05) is 34.5 Å². The highest BCUT2D eigenvalue weighted by Gasteiger charge is 2.22. The molecule has 2 heterocycles. The van der Waals surface area contributed by atoms with Crippen LogP contribution in [-0.4, -0.2) is 30.4 Å². The number of sulfonamides is 1. The summed E-state index contributed by atoms with van der Waals surface area (Å²) in [5.74, 6) is -0.995. The molecule has 1 aromatic carbocycles. The molecule has 2 aromatic heterocycles. The predicted octanol–water partition coefficient (Wildman–Crippen LogP) is 1.77. The summed E-state index contributed by atoms with van der Waals surface area (Å²) in [5, 5.41) is 10.7. The molecule has 0 saturated heterocycles. The van der Waals surface area contributed by atoms with Crippen molar-refractivity contribution in [2.45, 2.75) is 56.4 Å². The summed E-state index contributed by atoms with van der Waals surface area (Å²) < 4.78 is 28.2. The number of hydrogen-bond donors (Lipinski definition) is 3. The van der Waals surface area contributed by atoms with Crippen molar-refractivity contribution in [2.24, 2.45) is 0 Å². The third-order valence-corrected chi connectivity index (χ3v) is 6.55. The number of fused-ring (bicyclic) bond motifs is 3. The number of nitrogens with one attached hydrogen (secondary N) is 3. The lowest BCUT2D eigenvalue weighted by molar-refractivity contribution is -0.305. The van der Waals surface area contributed by atoms with Crippen molar-refractivity contribution >= 4 is 37.8 Å². The van der Waals surface area contributed by atoms with Gasteiger partial charge in [-0.2, -0.15) is 0 Å². The summed E-state index contributed by atoms with van der Waals surface area (Å²) in [5.41, 5.74) is 0.874. The smallest absolute Gasteiger partial charge is 0.272 e. The van der Waals surface area contributed by atoms with E-state index in [2.05, 4.69) is 14.7 Å². The second-order valence-electron chi connectivity index (χ2n) is 7.11. The van der Waals surface area contributed by atoms with E-state index in [1.54, 1.807) is 30.5 Å². The lowest BCUT2D eigenvalue weighted by Gasteiger charge is -2.22. The fourth-order valence-corrected chi connectivity index (χ4v) is 4.83. The van der Waals surface area contributed by atoms with Crippen LogP contribution in [0.1, 0.15) is 45.4 Å². The third-order valence-electron chi connectivity index (χ3n) is 5.03. The number of aromatic amines is 2. The van der Waals surface area contributed by atoms with Gasteiger partial charge in [0.25, 0.3) is 5.56 Å². The zero-order valence-corrected chi connectivity index (χ0v) is 17.0. The Labute approximate surface area is 168 Å². The average Bonchev–Trinajstić information content (AvgIpc) is 3.19. The SMILES string of the molecule is CCC(=O)[O-].O=c1[nH]c2ccc(S(=O)(=O)NC3CCCCC3)cc2c2cc[nH]c12. The number of pyridine rings is 1. The van der Waals surface area contributed by atoms with Crippen LogP contribution in [0.25, 0.3) is 21.8 Å². The van der Waals surface area contributed by atoms with Gasteiger partial charge in [-0.05, 0) is 43.5 Å². The lowest BCUT2D eigenvalue weighted by Crippen LogP contribution is -2.36. The van der Waals surface area contributed by atoms with E-state index in [0.29, 0.717) is 11.0 Å². The molecule has 156 valence electrons. The number of hydrogen-bond acceptors (Lipinski definition) is 5. The molecule has 0 spiro atoms. The first-order valence-corrected chi connectivity index (χ1v) is 11.2. The normalized spacial score (nSPS) is 15.2. The number of carboxylic acids is 1. The molecule has 29 heavy (non-hydrogen) atoms. The van der Waals surface area contributed by atoms with Gasteiger partial charge in [-0.15, -0.1) is 0 Å². The van der Waals surface area contributed by atoms with E-state index in [1.807, 2.05) is 0 Å². The van der Waals surface area contributed by atoms with Crippen molar-refractivity contribution in [3.05, 3.63) is 40.8 Å². The fraction of sp³-hybridized carbons (Fsp3) is 0.400. The molecule has 1 saturated carbocycles. The summed E-state index contributed by atoms with van der Waals surface area (Å²) >= 11 is 0. The molecule has 3 N–H and O–H groups in total. The maximum atomic E-state index is 12.7. The highest BCUT2D eigenvalue weighted by Crippen LogP contribution is 2.25. The van der Waals surface area contributed by atoms with E-state index in [4.69, 9.17) is 0 Å². The van der Waals surface area contributed by atoms with E-state index in [9.17, 15) is 23.1 Å². The Kier molecular flexibility index (Phi) is 6.39. The van der Waals surface area contributed by atoms with Crippen molar-refractivity contribution in [1.82, 2.24) is 14.7 Å². The van der Waals surface area contributed by atoms with Crippen LogP contribution in [-0.2, 0) is 14.8 Å². The molecule has 4 rings (SSSR count). The Balaban J connectivity index is 0.000000431. The van der Waals surface area contributed by atoms with Gasteiger partial charge >= 0.3 is 0 Å². The number of benzene rings is 1. The molecular formula is C20H24N3O5S-. The van der Waals surface area contributed by atoms with Crippen LogP contribution in [0, 0.1) is 0 Å². The molecule has 1 aliphatic carbocycles. The van der Waals surface area contributed by atoms with Gasteiger partial charge in [0.05, 0.1) is 4.90 Å². The fourth-order valence-electron chi connectivity index (χ4n) is 3.50. The molecular weight excluding hydrogens is 394 g/mol. The molecule has 0 bridgehead atoms. The quantitative estimate of drug-likeness (QED) is 0.593.